The largest absolute Gasteiger partial charge is 0.465 e. The minimum absolute atomic E-state index is 0.0451. The second-order valence-corrected chi connectivity index (χ2v) is 11.9. The van der Waals surface area contributed by atoms with Crippen LogP contribution in [0.4, 0.5) is 0 Å². The van der Waals surface area contributed by atoms with Crippen molar-refractivity contribution in [2.24, 2.45) is 21.7 Å². The molecule has 0 aliphatic heterocycles. The number of rotatable bonds is 27. The van der Waals surface area contributed by atoms with Crippen molar-refractivity contribution in [2.75, 3.05) is 79.3 Å². The minimum atomic E-state index is -0.805. The number of carbonyl (C=O) groups is 2. The molecule has 12 nitrogen and oxygen atoms in total. The molecule has 0 heterocycles. The monoisotopic (exact) mass is 610 g/mol. The zero-order chi connectivity index (χ0) is 32.1. The quantitative estimate of drug-likeness (QED) is 0.0576. The Morgan fingerprint density at radius 1 is 0.452 bits per heavy atom. The minimum Gasteiger partial charge on any atom is -0.465 e. The van der Waals surface area contributed by atoms with Crippen LogP contribution in [-0.2, 0) is 28.5 Å². The summed E-state index contributed by atoms with van der Waals surface area (Å²) in [4.78, 5) is 24.6. The Morgan fingerprint density at radius 3 is 0.952 bits per heavy atom. The molecule has 250 valence electrons. The molecule has 2 unspecified atom stereocenters. The number of aliphatic hydroxyl groups is 6. The standard InChI is InChI=1S/C30H58O12/c1-5-27(13-31,14-32)19-39-21-29(7-3,17-35)23-41-25(37)11-9-10-12-26(38)42-24-30(8-4,18-36)22-40-20-28(6-2,15-33)16-34/h31-36H,5-24H2,1-4H3. The maximum atomic E-state index is 12.3. The molecule has 0 aliphatic rings. The number of carbonyl (C=O) groups excluding carboxylic acids is 2. The maximum Gasteiger partial charge on any atom is 0.305 e. The van der Waals surface area contributed by atoms with Crippen LogP contribution >= 0.6 is 0 Å². The van der Waals surface area contributed by atoms with Crippen LogP contribution in [0.3, 0.4) is 0 Å². The first-order valence-electron chi connectivity index (χ1n) is 15.1. The van der Waals surface area contributed by atoms with Crippen molar-refractivity contribution in [1.82, 2.24) is 0 Å². The van der Waals surface area contributed by atoms with E-state index >= 15 is 0 Å². The fraction of sp³-hybridized carbons (Fsp3) is 0.933. The van der Waals surface area contributed by atoms with Crippen molar-refractivity contribution in [1.29, 1.82) is 0 Å². The Bertz CT molecular complexity index is 637. The molecular formula is C30H58O12. The second-order valence-electron chi connectivity index (χ2n) is 11.9. The first-order chi connectivity index (χ1) is 20.0. The van der Waals surface area contributed by atoms with Crippen LogP contribution in [-0.4, -0.2) is 122 Å². The summed E-state index contributed by atoms with van der Waals surface area (Å²) in [5.74, 6) is -0.917. The number of hydrogen-bond acceptors (Lipinski definition) is 12. The van der Waals surface area contributed by atoms with Gasteiger partial charge in [-0.15, -0.1) is 0 Å². The van der Waals surface area contributed by atoms with E-state index in [-0.39, 0.29) is 92.1 Å². The molecule has 0 aliphatic carbocycles. The first kappa shape index (κ1) is 40.6. The Labute approximate surface area is 251 Å². The highest BCUT2D eigenvalue weighted by atomic mass is 16.5. The maximum absolute atomic E-state index is 12.3. The molecule has 12 heteroatoms. The van der Waals surface area contributed by atoms with Crippen LogP contribution in [0.2, 0.25) is 0 Å². The van der Waals surface area contributed by atoms with E-state index in [1.54, 1.807) is 0 Å². The zero-order valence-corrected chi connectivity index (χ0v) is 26.3. The van der Waals surface area contributed by atoms with E-state index in [2.05, 4.69) is 0 Å². The predicted molar refractivity (Wildman–Crippen MR) is 155 cm³/mol. The van der Waals surface area contributed by atoms with Gasteiger partial charge in [0.2, 0.25) is 0 Å². The molecule has 0 rings (SSSR count). The number of esters is 2. The predicted octanol–water partition coefficient (Wildman–Crippen LogP) is 1.21. The number of hydrogen-bond donors (Lipinski definition) is 6. The molecular weight excluding hydrogens is 552 g/mol. The Balaban J connectivity index is 4.56. The lowest BCUT2D eigenvalue weighted by molar-refractivity contribution is -0.154. The molecule has 42 heavy (non-hydrogen) atoms. The van der Waals surface area contributed by atoms with Gasteiger partial charge in [-0.1, -0.05) is 27.7 Å². The normalized spacial score (nSPS) is 15.2. The van der Waals surface area contributed by atoms with E-state index in [4.69, 9.17) is 18.9 Å². The lowest BCUT2D eigenvalue weighted by Crippen LogP contribution is -2.40. The molecule has 0 radical (unpaired) electrons. The van der Waals surface area contributed by atoms with E-state index < -0.39 is 33.6 Å². The Morgan fingerprint density at radius 2 is 0.714 bits per heavy atom. The van der Waals surface area contributed by atoms with Gasteiger partial charge in [0.15, 0.2) is 0 Å². The van der Waals surface area contributed by atoms with Gasteiger partial charge in [0.1, 0.15) is 13.2 Å². The molecule has 0 aromatic heterocycles. The molecule has 0 fully saturated rings. The average Bonchev–Trinajstić information content (AvgIpc) is 3.03. The summed E-state index contributed by atoms with van der Waals surface area (Å²) < 4.78 is 22.2. The van der Waals surface area contributed by atoms with Gasteiger partial charge in [0, 0.05) is 23.7 Å². The van der Waals surface area contributed by atoms with Gasteiger partial charge in [-0.05, 0) is 38.5 Å². The summed E-state index contributed by atoms with van der Waals surface area (Å²) >= 11 is 0. The van der Waals surface area contributed by atoms with Crippen molar-refractivity contribution >= 4 is 11.9 Å². The molecule has 0 aromatic rings. The van der Waals surface area contributed by atoms with Crippen molar-refractivity contribution < 1.29 is 59.2 Å². The molecule has 0 amide bonds. The molecule has 0 saturated heterocycles. The van der Waals surface area contributed by atoms with Gasteiger partial charge >= 0.3 is 11.9 Å². The van der Waals surface area contributed by atoms with E-state index in [9.17, 15) is 40.2 Å². The Hall–Kier alpha value is -1.38. The third-order valence-corrected chi connectivity index (χ3v) is 8.74. The van der Waals surface area contributed by atoms with Gasteiger partial charge in [-0.25, -0.2) is 0 Å². The van der Waals surface area contributed by atoms with Crippen LogP contribution in [0.1, 0.15) is 79.1 Å². The highest BCUT2D eigenvalue weighted by Gasteiger charge is 2.34. The van der Waals surface area contributed by atoms with Gasteiger partial charge in [0.05, 0.1) is 76.9 Å². The number of unbranched alkanes of at least 4 members (excludes halogenated alkanes) is 1. The van der Waals surface area contributed by atoms with E-state index in [0.29, 0.717) is 38.5 Å². The van der Waals surface area contributed by atoms with Crippen molar-refractivity contribution in [3.8, 4) is 0 Å². The van der Waals surface area contributed by atoms with Gasteiger partial charge in [0.25, 0.3) is 0 Å². The van der Waals surface area contributed by atoms with Crippen molar-refractivity contribution in [3.05, 3.63) is 0 Å². The number of ether oxygens (including phenoxy) is 4. The van der Waals surface area contributed by atoms with E-state index in [0.717, 1.165) is 0 Å². The van der Waals surface area contributed by atoms with Crippen molar-refractivity contribution in [3.63, 3.8) is 0 Å². The summed E-state index contributed by atoms with van der Waals surface area (Å²) in [7, 11) is 0. The lowest BCUT2D eigenvalue weighted by atomic mass is 9.86. The average molecular weight is 611 g/mol. The van der Waals surface area contributed by atoms with E-state index in [1.165, 1.54) is 0 Å². The number of aliphatic hydroxyl groups excluding tert-OH is 6. The topological polar surface area (TPSA) is 192 Å². The zero-order valence-electron chi connectivity index (χ0n) is 26.3. The van der Waals surface area contributed by atoms with Gasteiger partial charge < -0.3 is 49.6 Å². The third-order valence-electron chi connectivity index (χ3n) is 8.74. The summed E-state index contributed by atoms with van der Waals surface area (Å²) in [6.07, 6.45) is 2.99. The molecule has 0 aromatic carbocycles. The third kappa shape index (κ3) is 13.5. The smallest absolute Gasteiger partial charge is 0.305 e. The summed E-state index contributed by atoms with van der Waals surface area (Å²) in [5, 5.41) is 58.3. The molecule has 6 N–H and O–H groups in total. The summed E-state index contributed by atoms with van der Waals surface area (Å²) in [6, 6.07) is 0. The highest BCUT2D eigenvalue weighted by molar-refractivity contribution is 5.70. The Kier molecular flexibility index (Phi) is 20.6. The van der Waals surface area contributed by atoms with Gasteiger partial charge in [-0.3, -0.25) is 9.59 Å². The lowest BCUT2D eigenvalue weighted by Gasteiger charge is -2.33. The van der Waals surface area contributed by atoms with Crippen LogP contribution in [0.15, 0.2) is 0 Å². The highest BCUT2D eigenvalue weighted by Crippen LogP contribution is 2.28. The summed E-state index contributed by atoms with van der Waals surface area (Å²) in [6.45, 7) is 6.27. The SMILES string of the molecule is CCC(CO)(CO)COCC(CC)(CO)COC(=O)CCCCC(=O)OCC(CC)(CO)COCC(CC)(CO)CO. The first-order valence-corrected chi connectivity index (χ1v) is 15.1. The fourth-order valence-corrected chi connectivity index (χ4v) is 3.95. The second kappa shape index (κ2) is 21.3. The van der Waals surface area contributed by atoms with Crippen LogP contribution < -0.4 is 0 Å². The van der Waals surface area contributed by atoms with Gasteiger partial charge in [-0.2, -0.15) is 0 Å². The molecule has 0 saturated carbocycles. The van der Waals surface area contributed by atoms with Crippen LogP contribution in [0, 0.1) is 21.7 Å². The fourth-order valence-electron chi connectivity index (χ4n) is 3.95. The van der Waals surface area contributed by atoms with E-state index in [1.807, 2.05) is 27.7 Å². The molecule has 0 spiro atoms. The molecule has 0 bridgehead atoms. The van der Waals surface area contributed by atoms with Crippen LogP contribution in [0.5, 0.6) is 0 Å². The van der Waals surface area contributed by atoms with Crippen molar-refractivity contribution in [2.45, 2.75) is 79.1 Å². The van der Waals surface area contributed by atoms with Crippen LogP contribution in [0.25, 0.3) is 0 Å². The molecule has 2 atom stereocenters. The summed E-state index contributed by atoms with van der Waals surface area (Å²) in [5.41, 5.74) is -3.14.